The maximum absolute atomic E-state index is 12.5. The van der Waals surface area contributed by atoms with Crippen LogP contribution in [-0.2, 0) is 9.53 Å². The van der Waals surface area contributed by atoms with Gasteiger partial charge < -0.3 is 19.4 Å². The van der Waals surface area contributed by atoms with E-state index in [4.69, 9.17) is 4.74 Å². The monoisotopic (exact) mass is 412 g/mol. The molecule has 0 spiro atoms. The fourth-order valence-corrected chi connectivity index (χ4v) is 3.34. The average molecular weight is 412 g/mol. The third-order valence-corrected chi connectivity index (χ3v) is 4.97. The van der Waals surface area contributed by atoms with Gasteiger partial charge in [-0.2, -0.15) is 0 Å². The lowest BCUT2D eigenvalue weighted by Gasteiger charge is -2.36. The highest BCUT2D eigenvalue weighted by Crippen LogP contribution is 2.25. The van der Waals surface area contributed by atoms with Gasteiger partial charge >= 0.3 is 5.97 Å². The van der Waals surface area contributed by atoms with Crippen LogP contribution < -0.4 is 9.80 Å². The molecule has 0 radical (unpaired) electrons. The van der Waals surface area contributed by atoms with Crippen molar-refractivity contribution in [3.05, 3.63) is 64.2 Å². The molecule has 1 amide bonds. The Morgan fingerprint density at radius 3 is 2.33 bits per heavy atom. The molecule has 0 saturated carbocycles. The standard InChI is InChI=1S/C21H24N4O5/c1-22(2)19-9-8-17(25(28)29)14-18(19)21(27)30-15-20(26)24-12-10-23(11-13-24)16-6-4-3-5-7-16/h3-9,14H,10-13,15H2,1-2H3. The van der Waals surface area contributed by atoms with Gasteiger partial charge in [0.2, 0.25) is 0 Å². The lowest BCUT2D eigenvalue weighted by molar-refractivity contribution is -0.384. The predicted molar refractivity (Wildman–Crippen MR) is 113 cm³/mol. The highest BCUT2D eigenvalue weighted by Gasteiger charge is 2.24. The van der Waals surface area contributed by atoms with Crippen molar-refractivity contribution < 1.29 is 19.2 Å². The van der Waals surface area contributed by atoms with Gasteiger partial charge in [0.1, 0.15) is 0 Å². The van der Waals surface area contributed by atoms with E-state index < -0.39 is 17.5 Å². The molecule has 30 heavy (non-hydrogen) atoms. The van der Waals surface area contributed by atoms with E-state index in [0.717, 1.165) is 5.69 Å². The Kier molecular flexibility index (Phi) is 6.51. The van der Waals surface area contributed by atoms with Gasteiger partial charge in [0.25, 0.3) is 11.6 Å². The van der Waals surface area contributed by atoms with Crippen LogP contribution in [0.3, 0.4) is 0 Å². The second-order valence-corrected chi connectivity index (χ2v) is 7.13. The molecule has 1 aliphatic rings. The molecule has 0 unspecified atom stereocenters. The topological polar surface area (TPSA) is 96.2 Å². The number of nitrogens with zero attached hydrogens (tertiary/aromatic N) is 4. The molecule has 0 bridgehead atoms. The summed E-state index contributed by atoms with van der Waals surface area (Å²) in [6.45, 7) is 2.05. The maximum Gasteiger partial charge on any atom is 0.341 e. The average Bonchev–Trinajstić information content (AvgIpc) is 2.77. The van der Waals surface area contributed by atoms with Gasteiger partial charge in [-0.3, -0.25) is 14.9 Å². The van der Waals surface area contributed by atoms with Gasteiger partial charge in [0.05, 0.1) is 16.2 Å². The number of benzene rings is 2. The number of anilines is 2. The number of nitro benzene ring substituents is 1. The second-order valence-electron chi connectivity index (χ2n) is 7.13. The molecular formula is C21H24N4O5. The molecule has 1 heterocycles. The summed E-state index contributed by atoms with van der Waals surface area (Å²) >= 11 is 0. The van der Waals surface area contributed by atoms with E-state index in [1.54, 1.807) is 23.9 Å². The van der Waals surface area contributed by atoms with Crippen molar-refractivity contribution in [1.29, 1.82) is 0 Å². The second kappa shape index (κ2) is 9.25. The Balaban J connectivity index is 1.58. The van der Waals surface area contributed by atoms with E-state index >= 15 is 0 Å². The fraction of sp³-hybridized carbons (Fsp3) is 0.333. The van der Waals surface area contributed by atoms with Crippen LogP contribution in [0.15, 0.2) is 48.5 Å². The van der Waals surface area contributed by atoms with E-state index in [1.807, 2.05) is 30.3 Å². The number of para-hydroxylation sites is 1. The van der Waals surface area contributed by atoms with Crippen molar-refractivity contribution in [2.75, 3.05) is 56.7 Å². The molecule has 2 aromatic rings. The van der Waals surface area contributed by atoms with E-state index in [2.05, 4.69) is 4.90 Å². The molecule has 9 nitrogen and oxygen atoms in total. The molecular weight excluding hydrogens is 388 g/mol. The summed E-state index contributed by atoms with van der Waals surface area (Å²) < 4.78 is 5.19. The zero-order valence-electron chi connectivity index (χ0n) is 17.0. The first-order chi connectivity index (χ1) is 14.4. The third kappa shape index (κ3) is 4.86. The molecule has 0 N–H and O–H groups in total. The number of carbonyl (C=O) groups is 2. The number of esters is 1. The van der Waals surface area contributed by atoms with Crippen LogP contribution in [0, 0.1) is 10.1 Å². The summed E-state index contributed by atoms with van der Waals surface area (Å²) in [6.07, 6.45) is 0. The zero-order valence-corrected chi connectivity index (χ0v) is 17.0. The molecule has 1 aliphatic heterocycles. The first-order valence-corrected chi connectivity index (χ1v) is 9.57. The predicted octanol–water partition coefficient (Wildman–Crippen LogP) is 2.17. The Morgan fingerprint density at radius 2 is 1.73 bits per heavy atom. The van der Waals surface area contributed by atoms with E-state index in [-0.39, 0.29) is 17.2 Å². The molecule has 1 fully saturated rings. The number of ether oxygens (including phenoxy) is 1. The Labute approximate surface area is 174 Å². The number of amides is 1. The molecule has 2 aromatic carbocycles. The molecule has 0 atom stereocenters. The maximum atomic E-state index is 12.5. The first kappa shape index (κ1) is 21.1. The van der Waals surface area contributed by atoms with Crippen LogP contribution in [0.5, 0.6) is 0 Å². The van der Waals surface area contributed by atoms with Crippen LogP contribution in [0.25, 0.3) is 0 Å². The molecule has 158 valence electrons. The molecule has 0 aliphatic carbocycles. The van der Waals surface area contributed by atoms with Gasteiger partial charge in [-0.25, -0.2) is 4.79 Å². The summed E-state index contributed by atoms with van der Waals surface area (Å²) in [7, 11) is 3.44. The minimum Gasteiger partial charge on any atom is -0.452 e. The van der Waals surface area contributed by atoms with Gasteiger partial charge in [0, 0.05) is 58.1 Å². The number of hydrogen-bond donors (Lipinski definition) is 0. The Bertz CT molecular complexity index is 924. The van der Waals surface area contributed by atoms with Crippen LogP contribution >= 0.6 is 0 Å². The Morgan fingerprint density at radius 1 is 1.07 bits per heavy atom. The lowest BCUT2D eigenvalue weighted by atomic mass is 10.1. The molecule has 0 aromatic heterocycles. The number of piperazine rings is 1. The number of hydrogen-bond acceptors (Lipinski definition) is 7. The van der Waals surface area contributed by atoms with Crippen LogP contribution in [0.1, 0.15) is 10.4 Å². The van der Waals surface area contributed by atoms with Crippen molar-refractivity contribution in [2.45, 2.75) is 0 Å². The van der Waals surface area contributed by atoms with E-state index in [1.165, 1.54) is 18.2 Å². The first-order valence-electron chi connectivity index (χ1n) is 9.57. The zero-order chi connectivity index (χ0) is 21.7. The molecule has 1 saturated heterocycles. The van der Waals surface area contributed by atoms with Gasteiger partial charge in [0.15, 0.2) is 6.61 Å². The molecule has 9 heteroatoms. The largest absolute Gasteiger partial charge is 0.452 e. The normalized spacial score (nSPS) is 13.7. The van der Waals surface area contributed by atoms with Crippen molar-refractivity contribution >= 4 is 28.9 Å². The quantitative estimate of drug-likeness (QED) is 0.407. The van der Waals surface area contributed by atoms with Crippen molar-refractivity contribution in [3.63, 3.8) is 0 Å². The number of carbonyl (C=O) groups excluding carboxylic acids is 2. The summed E-state index contributed by atoms with van der Waals surface area (Å²) in [4.78, 5) is 41.0. The van der Waals surface area contributed by atoms with Crippen molar-refractivity contribution in [2.24, 2.45) is 0 Å². The van der Waals surface area contributed by atoms with Crippen molar-refractivity contribution in [3.8, 4) is 0 Å². The van der Waals surface area contributed by atoms with Gasteiger partial charge in [-0.15, -0.1) is 0 Å². The number of non-ortho nitro benzene ring substituents is 1. The van der Waals surface area contributed by atoms with Crippen LogP contribution in [0.4, 0.5) is 17.1 Å². The van der Waals surface area contributed by atoms with Crippen LogP contribution in [0.2, 0.25) is 0 Å². The van der Waals surface area contributed by atoms with E-state index in [9.17, 15) is 19.7 Å². The minimum atomic E-state index is -0.765. The number of nitro groups is 1. The summed E-state index contributed by atoms with van der Waals surface area (Å²) in [5.41, 5.74) is 1.43. The fourth-order valence-electron chi connectivity index (χ4n) is 3.34. The highest BCUT2D eigenvalue weighted by molar-refractivity contribution is 5.97. The summed E-state index contributed by atoms with van der Waals surface area (Å²) in [5, 5.41) is 11.0. The Hall–Kier alpha value is -3.62. The summed E-state index contributed by atoms with van der Waals surface area (Å²) in [6, 6.07) is 13.9. The molecule has 3 rings (SSSR count). The third-order valence-electron chi connectivity index (χ3n) is 4.97. The van der Waals surface area contributed by atoms with Crippen molar-refractivity contribution in [1.82, 2.24) is 4.90 Å². The van der Waals surface area contributed by atoms with Crippen LogP contribution in [-0.4, -0.2) is 68.6 Å². The smallest absolute Gasteiger partial charge is 0.341 e. The lowest BCUT2D eigenvalue weighted by Crippen LogP contribution is -2.49. The SMILES string of the molecule is CN(C)c1ccc([N+](=O)[O-])cc1C(=O)OCC(=O)N1CCN(c2ccccc2)CC1. The minimum absolute atomic E-state index is 0.0518. The van der Waals surface area contributed by atoms with Gasteiger partial charge in [-0.05, 0) is 18.2 Å². The van der Waals surface area contributed by atoms with E-state index in [0.29, 0.717) is 31.9 Å². The highest BCUT2D eigenvalue weighted by atomic mass is 16.6. The number of rotatable bonds is 6. The van der Waals surface area contributed by atoms with Gasteiger partial charge in [-0.1, -0.05) is 18.2 Å². The summed E-state index contributed by atoms with van der Waals surface area (Å²) in [5.74, 6) is -1.05.